The lowest BCUT2D eigenvalue weighted by Gasteiger charge is -2.40. The summed E-state index contributed by atoms with van der Waals surface area (Å²) in [6.07, 6.45) is 6.78. The number of likely N-dealkylation sites (tertiary alicyclic amines) is 3. The van der Waals surface area contributed by atoms with E-state index in [4.69, 9.17) is 0 Å². The third-order valence-electron chi connectivity index (χ3n) is 5.62. The number of hydrogen-bond donors (Lipinski definition) is 1. The van der Waals surface area contributed by atoms with Crippen LogP contribution in [0.3, 0.4) is 0 Å². The maximum absolute atomic E-state index is 12.3. The molecule has 0 spiro atoms. The number of urea groups is 1. The monoisotopic (exact) mass is 322 g/mol. The van der Waals surface area contributed by atoms with Gasteiger partial charge in [-0.2, -0.15) is 0 Å². The zero-order chi connectivity index (χ0) is 16.2. The topological polar surface area (TPSA) is 55.9 Å². The number of nitrogens with one attached hydrogen (secondary N) is 1. The summed E-state index contributed by atoms with van der Waals surface area (Å²) in [6.45, 7) is 5.56. The number of rotatable bonds is 3. The van der Waals surface area contributed by atoms with E-state index in [0.717, 1.165) is 32.5 Å². The smallest absolute Gasteiger partial charge is 0.317 e. The molecule has 3 aliphatic rings. The molecule has 23 heavy (non-hydrogen) atoms. The van der Waals surface area contributed by atoms with Gasteiger partial charge in [0.05, 0.1) is 0 Å². The van der Waals surface area contributed by atoms with E-state index >= 15 is 0 Å². The predicted octanol–water partition coefficient (Wildman–Crippen LogP) is 1.12. The van der Waals surface area contributed by atoms with Crippen LogP contribution in [-0.4, -0.2) is 79.0 Å². The third-order valence-corrected chi connectivity index (χ3v) is 5.62. The van der Waals surface area contributed by atoms with Gasteiger partial charge in [0.2, 0.25) is 5.91 Å². The van der Waals surface area contributed by atoms with Gasteiger partial charge in [0.1, 0.15) is 0 Å². The Morgan fingerprint density at radius 2 is 1.83 bits per heavy atom. The lowest BCUT2D eigenvalue weighted by atomic mass is 10.00. The fourth-order valence-corrected chi connectivity index (χ4v) is 4.15. The molecule has 0 aliphatic carbocycles. The minimum Gasteiger partial charge on any atom is -0.345 e. The van der Waals surface area contributed by atoms with Crippen molar-refractivity contribution in [3.05, 3.63) is 0 Å². The number of carbonyl (C=O) groups is 2. The maximum atomic E-state index is 12.3. The van der Waals surface area contributed by atoms with E-state index in [1.54, 1.807) is 4.90 Å². The van der Waals surface area contributed by atoms with Crippen LogP contribution in [-0.2, 0) is 4.79 Å². The fraction of sp³-hybridized carbons (Fsp3) is 0.882. The summed E-state index contributed by atoms with van der Waals surface area (Å²) in [5, 5.41) is 3.02. The highest BCUT2D eigenvalue weighted by molar-refractivity contribution is 5.78. The van der Waals surface area contributed by atoms with Crippen molar-refractivity contribution in [3.8, 4) is 0 Å². The zero-order valence-corrected chi connectivity index (χ0v) is 14.3. The molecule has 3 amide bonds. The van der Waals surface area contributed by atoms with Crippen molar-refractivity contribution in [2.24, 2.45) is 5.92 Å². The van der Waals surface area contributed by atoms with E-state index in [-0.39, 0.29) is 17.9 Å². The number of carbonyl (C=O) groups excluding carboxylic acids is 2. The molecule has 3 aliphatic heterocycles. The molecule has 6 nitrogen and oxygen atoms in total. The van der Waals surface area contributed by atoms with E-state index < -0.39 is 0 Å². The van der Waals surface area contributed by atoms with Crippen LogP contribution >= 0.6 is 0 Å². The second-order valence-corrected chi connectivity index (χ2v) is 7.35. The van der Waals surface area contributed by atoms with Gasteiger partial charge in [-0.1, -0.05) is 6.42 Å². The lowest BCUT2D eigenvalue weighted by molar-refractivity contribution is -0.126. The second-order valence-electron chi connectivity index (χ2n) is 7.35. The second kappa shape index (κ2) is 7.51. The Morgan fingerprint density at radius 1 is 1.13 bits per heavy atom. The van der Waals surface area contributed by atoms with Gasteiger partial charge in [0.15, 0.2) is 0 Å². The van der Waals surface area contributed by atoms with Crippen molar-refractivity contribution in [1.82, 2.24) is 20.0 Å². The van der Waals surface area contributed by atoms with E-state index in [0.29, 0.717) is 19.0 Å². The van der Waals surface area contributed by atoms with Crippen LogP contribution in [0.5, 0.6) is 0 Å². The van der Waals surface area contributed by atoms with Gasteiger partial charge >= 0.3 is 6.03 Å². The molecule has 0 aromatic rings. The molecular formula is C17H30N4O2. The van der Waals surface area contributed by atoms with Crippen LogP contribution in [0.4, 0.5) is 4.79 Å². The number of hydrogen-bond acceptors (Lipinski definition) is 3. The van der Waals surface area contributed by atoms with Crippen LogP contribution < -0.4 is 5.32 Å². The molecule has 0 aromatic heterocycles. The highest BCUT2D eigenvalue weighted by atomic mass is 16.2. The van der Waals surface area contributed by atoms with Crippen molar-refractivity contribution in [1.29, 1.82) is 0 Å². The molecular weight excluding hydrogens is 292 g/mol. The Morgan fingerprint density at radius 3 is 2.43 bits per heavy atom. The Hall–Kier alpha value is -1.30. The summed E-state index contributed by atoms with van der Waals surface area (Å²) in [4.78, 5) is 30.1. The van der Waals surface area contributed by atoms with Gasteiger partial charge in [0.25, 0.3) is 0 Å². The summed E-state index contributed by atoms with van der Waals surface area (Å²) >= 11 is 0. The Kier molecular flexibility index (Phi) is 5.41. The number of amides is 3. The lowest BCUT2D eigenvalue weighted by Crippen LogP contribution is -2.51. The normalized spacial score (nSPS) is 27.5. The van der Waals surface area contributed by atoms with Gasteiger partial charge in [-0.15, -0.1) is 0 Å². The Balaban J connectivity index is 1.37. The molecule has 130 valence electrons. The molecule has 6 heteroatoms. The molecule has 3 fully saturated rings. The van der Waals surface area contributed by atoms with Crippen molar-refractivity contribution >= 4 is 11.9 Å². The molecule has 3 heterocycles. The molecule has 1 N–H and O–H groups in total. The SMILES string of the molecule is CN1CC(CNC(=O)N2CCC(N3CCCCC3)CC2)CC1=O. The van der Waals surface area contributed by atoms with Crippen LogP contribution in [0, 0.1) is 5.92 Å². The average Bonchev–Trinajstić information content (AvgIpc) is 2.92. The molecule has 0 saturated carbocycles. The minimum atomic E-state index is 0.0455. The fourth-order valence-electron chi connectivity index (χ4n) is 4.15. The molecule has 0 radical (unpaired) electrons. The first-order valence-corrected chi connectivity index (χ1v) is 9.14. The van der Waals surface area contributed by atoms with Gasteiger partial charge in [-0.05, 0) is 38.8 Å². The molecule has 0 aromatic carbocycles. The van der Waals surface area contributed by atoms with Crippen molar-refractivity contribution in [2.75, 3.05) is 46.3 Å². The molecule has 1 unspecified atom stereocenters. The number of nitrogens with zero attached hydrogens (tertiary/aromatic N) is 3. The van der Waals surface area contributed by atoms with Crippen molar-refractivity contribution in [3.63, 3.8) is 0 Å². The van der Waals surface area contributed by atoms with Gasteiger partial charge < -0.3 is 20.0 Å². The quantitative estimate of drug-likeness (QED) is 0.847. The van der Waals surface area contributed by atoms with Gasteiger partial charge in [-0.25, -0.2) is 4.79 Å². The Bertz CT molecular complexity index is 428. The Labute approximate surface area is 139 Å². The van der Waals surface area contributed by atoms with E-state index in [9.17, 15) is 9.59 Å². The molecule has 3 saturated heterocycles. The van der Waals surface area contributed by atoms with E-state index in [1.165, 1.54) is 32.4 Å². The van der Waals surface area contributed by atoms with E-state index in [1.807, 2.05) is 11.9 Å². The van der Waals surface area contributed by atoms with Gasteiger partial charge in [-0.3, -0.25) is 4.79 Å². The highest BCUT2D eigenvalue weighted by Crippen LogP contribution is 2.21. The first kappa shape index (κ1) is 16.6. The summed E-state index contributed by atoms with van der Waals surface area (Å²) in [5.74, 6) is 0.453. The summed E-state index contributed by atoms with van der Waals surface area (Å²) in [5.41, 5.74) is 0. The largest absolute Gasteiger partial charge is 0.345 e. The maximum Gasteiger partial charge on any atom is 0.317 e. The van der Waals surface area contributed by atoms with Crippen LogP contribution in [0.2, 0.25) is 0 Å². The summed E-state index contributed by atoms with van der Waals surface area (Å²) in [6, 6.07) is 0.713. The van der Waals surface area contributed by atoms with Crippen LogP contribution in [0.15, 0.2) is 0 Å². The first-order valence-electron chi connectivity index (χ1n) is 9.14. The molecule has 1 atom stereocenters. The predicted molar refractivity (Wildman–Crippen MR) is 89.2 cm³/mol. The summed E-state index contributed by atoms with van der Waals surface area (Å²) < 4.78 is 0. The highest BCUT2D eigenvalue weighted by Gasteiger charge is 2.29. The van der Waals surface area contributed by atoms with Crippen LogP contribution in [0.25, 0.3) is 0 Å². The van der Waals surface area contributed by atoms with Crippen LogP contribution in [0.1, 0.15) is 38.5 Å². The first-order chi connectivity index (χ1) is 11.1. The standard InChI is InChI=1S/C17H30N4O2/c1-19-13-14(11-16(19)22)12-18-17(23)21-9-5-15(6-10-21)20-7-3-2-4-8-20/h14-15H,2-13H2,1H3,(H,18,23). The average molecular weight is 322 g/mol. The molecule has 3 rings (SSSR count). The van der Waals surface area contributed by atoms with Gasteiger partial charge in [0, 0.05) is 51.6 Å². The molecule has 0 bridgehead atoms. The van der Waals surface area contributed by atoms with Crippen molar-refractivity contribution in [2.45, 2.75) is 44.6 Å². The zero-order valence-electron chi connectivity index (χ0n) is 14.3. The minimum absolute atomic E-state index is 0.0455. The summed E-state index contributed by atoms with van der Waals surface area (Å²) in [7, 11) is 1.83. The van der Waals surface area contributed by atoms with Crippen molar-refractivity contribution < 1.29 is 9.59 Å². The van der Waals surface area contributed by atoms with E-state index in [2.05, 4.69) is 10.2 Å². The third kappa shape index (κ3) is 4.16. The number of piperidine rings is 2.